The SMILES string of the molecule is O=C(NCCNC1CC1)c1csc(Br)c1. The Hall–Kier alpha value is -0.390. The van der Waals surface area contributed by atoms with Crippen LogP contribution in [-0.2, 0) is 0 Å². The van der Waals surface area contributed by atoms with Gasteiger partial charge in [0.25, 0.3) is 5.91 Å². The number of carbonyl (C=O) groups is 1. The standard InChI is InChI=1S/C10H13BrN2OS/c11-9-5-7(6-15-9)10(14)13-4-3-12-8-1-2-8/h5-6,8,12H,1-4H2,(H,13,14). The number of amides is 1. The lowest BCUT2D eigenvalue weighted by Gasteiger charge is -2.04. The molecule has 1 fully saturated rings. The molecule has 1 amide bonds. The van der Waals surface area contributed by atoms with E-state index < -0.39 is 0 Å². The van der Waals surface area contributed by atoms with E-state index in [-0.39, 0.29) is 5.91 Å². The first-order chi connectivity index (χ1) is 7.25. The van der Waals surface area contributed by atoms with E-state index in [4.69, 9.17) is 0 Å². The Labute approximate surface area is 101 Å². The fourth-order valence-corrected chi connectivity index (χ4v) is 2.41. The van der Waals surface area contributed by atoms with Crippen LogP contribution in [0.25, 0.3) is 0 Å². The quantitative estimate of drug-likeness (QED) is 0.814. The van der Waals surface area contributed by atoms with E-state index in [0.29, 0.717) is 12.6 Å². The zero-order valence-electron chi connectivity index (χ0n) is 8.25. The molecule has 0 atom stereocenters. The van der Waals surface area contributed by atoms with Gasteiger partial charge in [-0.1, -0.05) is 0 Å². The van der Waals surface area contributed by atoms with Crippen molar-refractivity contribution in [1.82, 2.24) is 10.6 Å². The summed E-state index contributed by atoms with van der Waals surface area (Å²) in [5, 5.41) is 8.08. The molecular weight excluding hydrogens is 276 g/mol. The summed E-state index contributed by atoms with van der Waals surface area (Å²) in [6.07, 6.45) is 2.57. The number of hydrogen-bond donors (Lipinski definition) is 2. The first-order valence-corrected chi connectivity index (χ1v) is 6.68. The largest absolute Gasteiger partial charge is 0.351 e. The van der Waals surface area contributed by atoms with Crippen LogP contribution in [0.4, 0.5) is 0 Å². The fraction of sp³-hybridized carbons (Fsp3) is 0.500. The molecule has 1 aromatic heterocycles. The number of carbonyl (C=O) groups excluding carboxylic acids is 1. The minimum Gasteiger partial charge on any atom is -0.351 e. The molecule has 1 aromatic rings. The maximum absolute atomic E-state index is 11.6. The van der Waals surface area contributed by atoms with Gasteiger partial charge in [0.1, 0.15) is 0 Å². The number of nitrogens with one attached hydrogen (secondary N) is 2. The average molecular weight is 289 g/mol. The van der Waals surface area contributed by atoms with Gasteiger partial charge in [-0.15, -0.1) is 11.3 Å². The molecule has 0 saturated heterocycles. The highest BCUT2D eigenvalue weighted by Gasteiger charge is 2.19. The van der Waals surface area contributed by atoms with E-state index in [0.717, 1.165) is 15.9 Å². The molecule has 0 aliphatic heterocycles. The zero-order chi connectivity index (χ0) is 10.7. The Bertz CT molecular complexity index is 349. The molecule has 0 aromatic carbocycles. The third kappa shape index (κ3) is 3.59. The van der Waals surface area contributed by atoms with Gasteiger partial charge in [0.15, 0.2) is 0 Å². The highest BCUT2D eigenvalue weighted by atomic mass is 79.9. The topological polar surface area (TPSA) is 41.1 Å². The monoisotopic (exact) mass is 288 g/mol. The summed E-state index contributed by atoms with van der Waals surface area (Å²) in [6, 6.07) is 2.55. The van der Waals surface area contributed by atoms with E-state index in [2.05, 4.69) is 26.6 Å². The van der Waals surface area contributed by atoms with Crippen molar-refractivity contribution >= 4 is 33.2 Å². The second-order valence-electron chi connectivity index (χ2n) is 3.62. The number of thiophene rings is 1. The summed E-state index contributed by atoms with van der Waals surface area (Å²) in [5.41, 5.74) is 0.735. The van der Waals surface area contributed by atoms with Crippen molar-refractivity contribution in [3.63, 3.8) is 0 Å². The van der Waals surface area contributed by atoms with E-state index in [1.165, 1.54) is 24.2 Å². The lowest BCUT2D eigenvalue weighted by atomic mass is 10.3. The molecule has 2 N–H and O–H groups in total. The molecule has 82 valence electrons. The molecule has 1 aliphatic carbocycles. The molecule has 0 spiro atoms. The Morgan fingerprint density at radius 3 is 2.93 bits per heavy atom. The number of hydrogen-bond acceptors (Lipinski definition) is 3. The molecular formula is C10H13BrN2OS. The second kappa shape index (κ2) is 5.09. The Balaban J connectivity index is 1.67. The third-order valence-corrected chi connectivity index (χ3v) is 3.76. The van der Waals surface area contributed by atoms with Crippen LogP contribution < -0.4 is 10.6 Å². The van der Waals surface area contributed by atoms with Crippen LogP contribution in [0.1, 0.15) is 23.2 Å². The van der Waals surface area contributed by atoms with Crippen molar-refractivity contribution in [2.75, 3.05) is 13.1 Å². The molecule has 2 rings (SSSR count). The Morgan fingerprint density at radius 2 is 2.33 bits per heavy atom. The van der Waals surface area contributed by atoms with E-state index in [9.17, 15) is 4.79 Å². The minimum absolute atomic E-state index is 0.00884. The van der Waals surface area contributed by atoms with Crippen molar-refractivity contribution in [3.05, 3.63) is 20.8 Å². The van der Waals surface area contributed by atoms with Gasteiger partial charge in [-0.2, -0.15) is 0 Å². The minimum atomic E-state index is 0.00884. The molecule has 0 unspecified atom stereocenters. The highest BCUT2D eigenvalue weighted by molar-refractivity contribution is 9.11. The van der Waals surface area contributed by atoms with Gasteiger partial charge in [-0.05, 0) is 34.8 Å². The first-order valence-electron chi connectivity index (χ1n) is 5.01. The molecule has 0 radical (unpaired) electrons. The average Bonchev–Trinajstić information content (AvgIpc) is 2.94. The molecule has 5 heteroatoms. The van der Waals surface area contributed by atoms with E-state index >= 15 is 0 Å². The van der Waals surface area contributed by atoms with Crippen LogP contribution in [0.5, 0.6) is 0 Å². The van der Waals surface area contributed by atoms with E-state index in [1.807, 2.05) is 11.4 Å². The van der Waals surface area contributed by atoms with Crippen molar-refractivity contribution < 1.29 is 4.79 Å². The van der Waals surface area contributed by atoms with E-state index in [1.54, 1.807) is 0 Å². The van der Waals surface area contributed by atoms with Crippen LogP contribution in [0.3, 0.4) is 0 Å². The maximum atomic E-state index is 11.6. The fourth-order valence-electron chi connectivity index (χ4n) is 1.27. The van der Waals surface area contributed by atoms with Gasteiger partial charge in [0.05, 0.1) is 9.35 Å². The van der Waals surface area contributed by atoms with Crippen LogP contribution in [0.15, 0.2) is 15.2 Å². The second-order valence-corrected chi connectivity index (χ2v) is 5.91. The van der Waals surface area contributed by atoms with Gasteiger partial charge >= 0.3 is 0 Å². The van der Waals surface area contributed by atoms with Crippen molar-refractivity contribution in [1.29, 1.82) is 0 Å². The molecule has 1 saturated carbocycles. The Morgan fingerprint density at radius 1 is 1.53 bits per heavy atom. The summed E-state index contributed by atoms with van der Waals surface area (Å²) >= 11 is 4.86. The predicted molar refractivity (Wildman–Crippen MR) is 65.4 cm³/mol. The summed E-state index contributed by atoms with van der Waals surface area (Å²) in [6.45, 7) is 1.56. The molecule has 0 bridgehead atoms. The van der Waals surface area contributed by atoms with Crippen LogP contribution >= 0.6 is 27.3 Å². The summed E-state index contributed by atoms with van der Waals surface area (Å²) in [5.74, 6) is 0.00884. The van der Waals surface area contributed by atoms with Crippen molar-refractivity contribution in [3.8, 4) is 0 Å². The van der Waals surface area contributed by atoms with Crippen LogP contribution in [-0.4, -0.2) is 25.0 Å². The smallest absolute Gasteiger partial charge is 0.252 e. The predicted octanol–water partition coefficient (Wildman–Crippen LogP) is 1.99. The molecule has 15 heavy (non-hydrogen) atoms. The van der Waals surface area contributed by atoms with Gasteiger partial charge in [-0.3, -0.25) is 4.79 Å². The van der Waals surface area contributed by atoms with Gasteiger partial charge in [0.2, 0.25) is 0 Å². The highest BCUT2D eigenvalue weighted by Crippen LogP contribution is 2.20. The van der Waals surface area contributed by atoms with Crippen LogP contribution in [0, 0.1) is 0 Å². The van der Waals surface area contributed by atoms with Gasteiger partial charge in [-0.25, -0.2) is 0 Å². The molecule has 1 heterocycles. The van der Waals surface area contributed by atoms with Crippen molar-refractivity contribution in [2.45, 2.75) is 18.9 Å². The third-order valence-electron chi connectivity index (χ3n) is 2.25. The zero-order valence-corrected chi connectivity index (χ0v) is 10.7. The maximum Gasteiger partial charge on any atom is 0.252 e. The van der Waals surface area contributed by atoms with Crippen molar-refractivity contribution in [2.24, 2.45) is 0 Å². The molecule has 3 nitrogen and oxygen atoms in total. The molecule has 1 aliphatic rings. The van der Waals surface area contributed by atoms with Gasteiger partial charge in [0, 0.05) is 24.5 Å². The number of halogens is 1. The number of rotatable bonds is 5. The summed E-state index contributed by atoms with van der Waals surface area (Å²) in [7, 11) is 0. The summed E-state index contributed by atoms with van der Waals surface area (Å²) in [4.78, 5) is 11.6. The van der Waals surface area contributed by atoms with Crippen LogP contribution in [0.2, 0.25) is 0 Å². The lowest BCUT2D eigenvalue weighted by molar-refractivity contribution is 0.0954. The summed E-state index contributed by atoms with van der Waals surface area (Å²) < 4.78 is 0.990. The normalized spacial score (nSPS) is 15.3. The first kappa shape index (κ1) is 11.1. The van der Waals surface area contributed by atoms with Gasteiger partial charge < -0.3 is 10.6 Å². The lowest BCUT2D eigenvalue weighted by Crippen LogP contribution is -2.32. The Kier molecular flexibility index (Phi) is 3.77.